The van der Waals surface area contributed by atoms with Gasteiger partial charge >= 0.3 is 0 Å². The van der Waals surface area contributed by atoms with E-state index in [1.807, 2.05) is 26.0 Å². The second-order valence-corrected chi connectivity index (χ2v) is 8.34. The number of aryl methyl sites for hydroxylation is 4. The van der Waals surface area contributed by atoms with Gasteiger partial charge in [0.15, 0.2) is 0 Å². The molecule has 0 bridgehead atoms. The van der Waals surface area contributed by atoms with E-state index in [-0.39, 0.29) is 0 Å². The van der Waals surface area contributed by atoms with Crippen LogP contribution in [-0.2, 0) is 0 Å². The van der Waals surface area contributed by atoms with Crippen molar-refractivity contribution in [3.05, 3.63) is 46.8 Å². The van der Waals surface area contributed by atoms with Crippen molar-refractivity contribution in [2.75, 3.05) is 23.7 Å². The fourth-order valence-electron chi connectivity index (χ4n) is 3.51. The zero-order valence-electron chi connectivity index (χ0n) is 17.9. The third-order valence-electron chi connectivity index (χ3n) is 5.13. The molecule has 6 nitrogen and oxygen atoms in total. The Labute approximate surface area is 178 Å². The smallest absolute Gasteiger partial charge is 0.229 e. The van der Waals surface area contributed by atoms with Gasteiger partial charge in [0, 0.05) is 30.2 Å². The molecule has 1 aliphatic heterocycles. The number of aliphatic imine (C=N–C) groups is 1. The SMILES string of the molecule is Cc1cc(C)nc(N/C(=N/C(=S)Nc2ccc(C)c(C)c2)N2CCCC(C)C2)n1. The van der Waals surface area contributed by atoms with Gasteiger partial charge in [-0.2, -0.15) is 4.99 Å². The van der Waals surface area contributed by atoms with Crippen LogP contribution in [0.2, 0.25) is 0 Å². The molecule has 1 atom stereocenters. The summed E-state index contributed by atoms with van der Waals surface area (Å²) in [6.45, 7) is 12.3. The Morgan fingerprint density at radius 2 is 1.79 bits per heavy atom. The minimum Gasteiger partial charge on any atom is -0.342 e. The van der Waals surface area contributed by atoms with Crippen LogP contribution in [0.4, 0.5) is 11.6 Å². The van der Waals surface area contributed by atoms with Gasteiger partial charge < -0.3 is 10.2 Å². The van der Waals surface area contributed by atoms with Crippen LogP contribution in [0.1, 0.15) is 42.3 Å². The van der Waals surface area contributed by atoms with Gasteiger partial charge in [-0.15, -0.1) is 0 Å². The molecule has 1 aliphatic rings. The van der Waals surface area contributed by atoms with Gasteiger partial charge in [-0.3, -0.25) is 5.32 Å². The number of nitrogens with zero attached hydrogens (tertiary/aromatic N) is 4. The van der Waals surface area contributed by atoms with E-state index in [1.165, 1.54) is 17.5 Å². The van der Waals surface area contributed by atoms with Gasteiger partial charge in [-0.25, -0.2) is 9.97 Å². The molecule has 2 heterocycles. The van der Waals surface area contributed by atoms with Crippen molar-refractivity contribution in [1.29, 1.82) is 0 Å². The standard InChI is InChI=1S/C22H30N6S/c1-14-7-6-10-28(13-14)21(26-20-23-17(4)12-18(5)24-20)27-22(29)25-19-9-8-15(2)16(3)11-19/h8-9,11-12,14H,6-7,10,13H2,1-5H3,(H2,23,24,25,26,27,29). The Morgan fingerprint density at radius 3 is 2.45 bits per heavy atom. The van der Waals surface area contributed by atoms with Crippen molar-refractivity contribution >= 4 is 34.9 Å². The number of piperidine rings is 1. The zero-order valence-corrected chi connectivity index (χ0v) is 18.7. The van der Waals surface area contributed by atoms with E-state index in [2.05, 4.69) is 58.4 Å². The highest BCUT2D eigenvalue weighted by molar-refractivity contribution is 7.80. The molecule has 1 saturated heterocycles. The van der Waals surface area contributed by atoms with Gasteiger partial charge in [-0.05, 0) is 88.0 Å². The molecule has 0 radical (unpaired) electrons. The van der Waals surface area contributed by atoms with Gasteiger partial charge in [-0.1, -0.05) is 13.0 Å². The molecular weight excluding hydrogens is 380 g/mol. The first-order valence-electron chi connectivity index (χ1n) is 10.1. The molecule has 2 N–H and O–H groups in total. The van der Waals surface area contributed by atoms with Crippen molar-refractivity contribution < 1.29 is 0 Å². The summed E-state index contributed by atoms with van der Waals surface area (Å²) < 4.78 is 0. The third kappa shape index (κ3) is 5.97. The number of thiocarbonyl (C=S) groups is 1. The van der Waals surface area contributed by atoms with E-state index >= 15 is 0 Å². The van der Waals surface area contributed by atoms with Gasteiger partial charge in [0.2, 0.25) is 17.0 Å². The van der Waals surface area contributed by atoms with Gasteiger partial charge in [0.25, 0.3) is 0 Å². The van der Waals surface area contributed by atoms with E-state index < -0.39 is 0 Å². The van der Waals surface area contributed by atoms with Crippen LogP contribution >= 0.6 is 12.2 Å². The molecule has 1 aromatic carbocycles. The van der Waals surface area contributed by atoms with Crippen molar-refractivity contribution in [1.82, 2.24) is 14.9 Å². The lowest BCUT2D eigenvalue weighted by Gasteiger charge is -2.33. The average molecular weight is 411 g/mol. The number of guanidine groups is 1. The second kappa shape index (κ2) is 9.31. The van der Waals surface area contributed by atoms with Crippen LogP contribution in [0, 0.1) is 33.6 Å². The fraction of sp³-hybridized carbons (Fsp3) is 0.455. The maximum absolute atomic E-state index is 5.55. The summed E-state index contributed by atoms with van der Waals surface area (Å²) in [5.74, 6) is 1.86. The minimum atomic E-state index is 0.415. The van der Waals surface area contributed by atoms with E-state index in [0.29, 0.717) is 22.9 Å². The second-order valence-electron chi connectivity index (χ2n) is 7.96. The van der Waals surface area contributed by atoms with E-state index in [1.54, 1.807) is 0 Å². The number of likely N-dealkylation sites (tertiary alicyclic amines) is 1. The summed E-state index contributed by atoms with van der Waals surface area (Å²) >= 11 is 5.55. The molecule has 0 spiro atoms. The Balaban J connectivity index is 1.84. The van der Waals surface area contributed by atoms with Crippen LogP contribution in [0.15, 0.2) is 29.3 Å². The largest absolute Gasteiger partial charge is 0.342 e. The molecule has 3 rings (SSSR count). The third-order valence-corrected chi connectivity index (χ3v) is 5.32. The Morgan fingerprint density at radius 1 is 1.07 bits per heavy atom. The van der Waals surface area contributed by atoms with Crippen LogP contribution in [0.25, 0.3) is 0 Å². The Kier molecular flexibility index (Phi) is 6.79. The number of benzene rings is 1. The molecular formula is C22H30N6S. The first-order chi connectivity index (χ1) is 13.8. The molecule has 154 valence electrons. The predicted molar refractivity (Wildman–Crippen MR) is 125 cm³/mol. The van der Waals surface area contributed by atoms with E-state index in [4.69, 9.17) is 17.2 Å². The summed E-state index contributed by atoms with van der Waals surface area (Å²) in [4.78, 5) is 16.0. The molecule has 1 unspecified atom stereocenters. The number of nitrogens with one attached hydrogen (secondary N) is 2. The van der Waals surface area contributed by atoms with Crippen molar-refractivity contribution in [3.8, 4) is 0 Å². The predicted octanol–water partition coefficient (Wildman–Crippen LogP) is 4.61. The molecule has 1 fully saturated rings. The summed E-state index contributed by atoms with van der Waals surface area (Å²) in [7, 11) is 0. The first-order valence-corrected chi connectivity index (χ1v) is 10.5. The van der Waals surface area contributed by atoms with E-state index in [9.17, 15) is 0 Å². The lowest BCUT2D eigenvalue weighted by Crippen LogP contribution is -2.43. The highest BCUT2D eigenvalue weighted by Crippen LogP contribution is 2.18. The number of aromatic nitrogens is 2. The maximum atomic E-state index is 5.55. The van der Waals surface area contributed by atoms with Crippen molar-refractivity contribution in [3.63, 3.8) is 0 Å². The lowest BCUT2D eigenvalue weighted by atomic mass is 10.0. The monoisotopic (exact) mass is 410 g/mol. The highest BCUT2D eigenvalue weighted by atomic mass is 32.1. The Hall–Kier alpha value is -2.54. The van der Waals surface area contributed by atoms with Gasteiger partial charge in [0.1, 0.15) is 0 Å². The average Bonchev–Trinajstić information content (AvgIpc) is 2.63. The summed E-state index contributed by atoms with van der Waals surface area (Å²) in [6, 6.07) is 8.14. The normalized spacial score (nSPS) is 17.2. The lowest BCUT2D eigenvalue weighted by molar-refractivity contribution is 0.273. The van der Waals surface area contributed by atoms with Gasteiger partial charge in [0.05, 0.1) is 0 Å². The number of anilines is 2. The first kappa shape index (κ1) is 21.2. The molecule has 0 aliphatic carbocycles. The maximum Gasteiger partial charge on any atom is 0.229 e. The molecule has 7 heteroatoms. The summed E-state index contributed by atoms with van der Waals surface area (Å²) in [5.41, 5.74) is 5.25. The van der Waals surface area contributed by atoms with Crippen LogP contribution in [0.5, 0.6) is 0 Å². The van der Waals surface area contributed by atoms with Crippen LogP contribution in [-0.4, -0.2) is 39.0 Å². The number of hydrogen-bond donors (Lipinski definition) is 2. The fourth-order valence-corrected chi connectivity index (χ4v) is 3.71. The molecule has 1 aromatic heterocycles. The summed E-state index contributed by atoms with van der Waals surface area (Å²) in [6.07, 6.45) is 2.36. The molecule has 2 aromatic rings. The molecule has 29 heavy (non-hydrogen) atoms. The zero-order chi connectivity index (χ0) is 21.0. The topological polar surface area (TPSA) is 65.4 Å². The van der Waals surface area contributed by atoms with Crippen molar-refractivity contribution in [2.24, 2.45) is 10.9 Å². The molecule has 0 saturated carbocycles. The molecule has 0 amide bonds. The summed E-state index contributed by atoms with van der Waals surface area (Å²) in [5, 5.41) is 6.97. The quantitative estimate of drug-likeness (QED) is 0.428. The minimum absolute atomic E-state index is 0.415. The van der Waals surface area contributed by atoms with Crippen LogP contribution < -0.4 is 10.6 Å². The number of hydrogen-bond acceptors (Lipinski definition) is 3. The van der Waals surface area contributed by atoms with Crippen molar-refractivity contribution in [2.45, 2.75) is 47.5 Å². The number of rotatable bonds is 2. The Bertz CT molecular complexity index is 903. The van der Waals surface area contributed by atoms with Crippen LogP contribution in [0.3, 0.4) is 0 Å². The van der Waals surface area contributed by atoms with E-state index in [0.717, 1.165) is 36.6 Å². The highest BCUT2D eigenvalue weighted by Gasteiger charge is 2.21.